The Bertz CT molecular complexity index is 349. The lowest BCUT2D eigenvalue weighted by molar-refractivity contribution is -0.118. The molecule has 1 unspecified atom stereocenters. The fourth-order valence-corrected chi connectivity index (χ4v) is 1.30. The molecule has 15 heavy (non-hydrogen) atoms. The van der Waals surface area contributed by atoms with Crippen LogP contribution in [0.4, 0.5) is 5.82 Å². The number of aliphatic hydroxyl groups excluding tert-OH is 1. The lowest BCUT2D eigenvalue weighted by Crippen LogP contribution is -2.24. The van der Waals surface area contributed by atoms with Crippen molar-refractivity contribution in [3.63, 3.8) is 0 Å². The van der Waals surface area contributed by atoms with Crippen LogP contribution in [0.2, 0.25) is 0 Å². The van der Waals surface area contributed by atoms with Crippen LogP contribution >= 0.6 is 0 Å². The Kier molecular flexibility index (Phi) is 3.64. The molecular weight excluding hydrogens is 198 g/mol. The Labute approximate surface area is 87.3 Å². The zero-order valence-electron chi connectivity index (χ0n) is 8.69. The number of primary amides is 1. The summed E-state index contributed by atoms with van der Waals surface area (Å²) < 4.78 is 1.50. The van der Waals surface area contributed by atoms with E-state index in [0.717, 1.165) is 0 Å². The van der Waals surface area contributed by atoms with E-state index in [0.29, 0.717) is 11.5 Å². The van der Waals surface area contributed by atoms with Crippen molar-refractivity contribution in [2.45, 2.75) is 12.8 Å². The Morgan fingerprint density at radius 3 is 2.87 bits per heavy atom. The minimum atomic E-state index is -0.894. The van der Waals surface area contributed by atoms with Gasteiger partial charge in [0.15, 0.2) is 5.82 Å². The number of hydrogen-bond acceptors (Lipinski definition) is 5. The number of nitrogens with zero attached hydrogens (tertiary/aromatic N) is 2. The van der Waals surface area contributed by atoms with Crippen molar-refractivity contribution in [2.75, 3.05) is 19.4 Å². The fourth-order valence-electron chi connectivity index (χ4n) is 1.30. The maximum absolute atomic E-state index is 10.8. The van der Waals surface area contributed by atoms with Gasteiger partial charge in [0.1, 0.15) is 18.5 Å². The first-order valence-corrected chi connectivity index (χ1v) is 4.46. The summed E-state index contributed by atoms with van der Waals surface area (Å²) in [4.78, 5) is 14.8. The number of aliphatic hydroxyl groups is 1. The molecule has 0 aromatic carbocycles. The highest BCUT2D eigenvalue weighted by Crippen LogP contribution is 2.19. The number of carbonyl (C=O) groups excluding carboxylic acids is 1. The van der Waals surface area contributed by atoms with Crippen molar-refractivity contribution >= 4 is 11.7 Å². The molecule has 7 nitrogen and oxygen atoms in total. The van der Waals surface area contributed by atoms with Crippen LogP contribution in [0.25, 0.3) is 0 Å². The summed E-state index contributed by atoms with van der Waals surface area (Å²) in [6.45, 7) is -0.0112. The van der Waals surface area contributed by atoms with Crippen LogP contribution in [-0.4, -0.2) is 34.7 Å². The average molecular weight is 213 g/mol. The largest absolute Gasteiger partial charge is 0.373 e. The van der Waals surface area contributed by atoms with Crippen molar-refractivity contribution in [3.05, 3.63) is 12.0 Å². The predicted octanol–water partition coefficient (Wildman–Crippen LogP) is -1.38. The van der Waals surface area contributed by atoms with Gasteiger partial charge in [-0.15, -0.1) is 0 Å². The Hall–Kier alpha value is -1.60. The van der Waals surface area contributed by atoms with E-state index in [1.807, 2.05) is 0 Å². The van der Waals surface area contributed by atoms with E-state index in [4.69, 9.17) is 5.73 Å². The Morgan fingerprint density at radius 1 is 1.73 bits per heavy atom. The highest BCUT2D eigenvalue weighted by molar-refractivity contribution is 5.73. The molecule has 1 aromatic rings. The lowest BCUT2D eigenvalue weighted by Gasteiger charge is -2.13. The molecule has 0 bridgehead atoms. The van der Waals surface area contributed by atoms with Gasteiger partial charge in [-0.2, -0.15) is 0 Å². The topological polar surface area (TPSA) is 105 Å². The summed E-state index contributed by atoms with van der Waals surface area (Å²) in [5.41, 5.74) is 5.56. The number of carbonyl (C=O) groups is 1. The third-order valence-corrected chi connectivity index (χ3v) is 1.97. The number of rotatable bonds is 5. The Balaban J connectivity index is 3.05. The second-order valence-electron chi connectivity index (χ2n) is 3.01. The van der Waals surface area contributed by atoms with Gasteiger partial charge in [0.25, 0.3) is 0 Å². The van der Waals surface area contributed by atoms with Crippen molar-refractivity contribution < 1.29 is 9.90 Å². The molecule has 0 aliphatic carbocycles. The number of nitrogens with two attached hydrogens (primary N) is 1. The van der Waals surface area contributed by atoms with Crippen molar-refractivity contribution in [2.24, 2.45) is 5.73 Å². The normalized spacial score (nSPS) is 12.5. The first kappa shape index (κ1) is 11.5. The zero-order valence-corrected chi connectivity index (χ0v) is 8.69. The maximum Gasteiger partial charge on any atom is 0.237 e. The predicted molar refractivity (Wildman–Crippen MR) is 55.0 cm³/mol. The number of amides is 1. The first-order valence-electron chi connectivity index (χ1n) is 4.46. The number of anilines is 1. The van der Waals surface area contributed by atoms with Crippen LogP contribution < -0.4 is 16.4 Å². The highest BCUT2D eigenvalue weighted by Gasteiger charge is 2.17. The van der Waals surface area contributed by atoms with E-state index in [1.54, 1.807) is 14.1 Å². The van der Waals surface area contributed by atoms with Gasteiger partial charge in [-0.25, -0.2) is 4.98 Å². The molecule has 1 aromatic heterocycles. The van der Waals surface area contributed by atoms with Crippen LogP contribution in [0.1, 0.15) is 11.9 Å². The lowest BCUT2D eigenvalue weighted by atomic mass is 10.3. The van der Waals surface area contributed by atoms with Gasteiger partial charge < -0.3 is 20.7 Å². The van der Waals surface area contributed by atoms with Gasteiger partial charge in [0.05, 0.1) is 6.33 Å². The number of aromatic nitrogens is 2. The molecule has 0 spiro atoms. The van der Waals surface area contributed by atoms with Crippen LogP contribution in [0.3, 0.4) is 0 Å². The molecule has 0 fully saturated rings. The summed E-state index contributed by atoms with van der Waals surface area (Å²) in [6.07, 6.45) is 0.557. The van der Waals surface area contributed by atoms with E-state index in [1.165, 1.54) is 10.9 Å². The molecule has 0 saturated carbocycles. The minimum Gasteiger partial charge on any atom is -0.373 e. The van der Waals surface area contributed by atoms with Crippen LogP contribution in [0, 0.1) is 0 Å². The third kappa shape index (κ3) is 2.45. The SMILES string of the molecule is CNc1ncn(CC(N)=O)c1C(O)NC. The van der Waals surface area contributed by atoms with Crippen LogP contribution in [0.5, 0.6) is 0 Å². The number of hydrogen-bond donors (Lipinski definition) is 4. The van der Waals surface area contributed by atoms with Gasteiger partial charge in [0, 0.05) is 7.05 Å². The molecule has 7 heteroatoms. The quantitative estimate of drug-likeness (QED) is 0.451. The smallest absolute Gasteiger partial charge is 0.237 e. The molecule has 1 atom stereocenters. The van der Waals surface area contributed by atoms with Crippen LogP contribution in [-0.2, 0) is 11.3 Å². The Morgan fingerprint density at radius 2 is 2.40 bits per heavy atom. The van der Waals surface area contributed by atoms with E-state index < -0.39 is 12.1 Å². The van der Waals surface area contributed by atoms with Gasteiger partial charge >= 0.3 is 0 Å². The van der Waals surface area contributed by atoms with E-state index in [-0.39, 0.29) is 6.54 Å². The molecule has 0 radical (unpaired) electrons. The van der Waals surface area contributed by atoms with Crippen molar-refractivity contribution in [1.29, 1.82) is 0 Å². The monoisotopic (exact) mass is 213 g/mol. The molecule has 0 aliphatic heterocycles. The second kappa shape index (κ2) is 4.76. The van der Waals surface area contributed by atoms with Crippen molar-refractivity contribution in [1.82, 2.24) is 14.9 Å². The third-order valence-electron chi connectivity index (χ3n) is 1.97. The van der Waals surface area contributed by atoms with Crippen molar-refractivity contribution in [3.8, 4) is 0 Å². The van der Waals surface area contributed by atoms with Gasteiger partial charge in [0.2, 0.25) is 5.91 Å². The van der Waals surface area contributed by atoms with Crippen LogP contribution in [0.15, 0.2) is 6.33 Å². The molecule has 1 rings (SSSR count). The molecule has 1 amide bonds. The minimum absolute atomic E-state index is 0.0112. The molecule has 84 valence electrons. The van der Waals surface area contributed by atoms with Gasteiger partial charge in [-0.3, -0.25) is 10.1 Å². The highest BCUT2D eigenvalue weighted by atomic mass is 16.3. The molecular formula is C8H15N5O2. The summed E-state index contributed by atoms with van der Waals surface area (Å²) in [7, 11) is 3.29. The average Bonchev–Trinajstić information content (AvgIpc) is 2.58. The number of nitrogens with one attached hydrogen (secondary N) is 2. The molecule has 1 heterocycles. The maximum atomic E-state index is 10.8. The standard InChI is InChI=1S/C8H15N5O2/c1-10-7-6(8(15)11-2)13(4-12-7)3-5(9)14/h4,8,10-11,15H,3H2,1-2H3,(H2,9,14). The summed E-state index contributed by atoms with van der Waals surface area (Å²) >= 11 is 0. The summed E-state index contributed by atoms with van der Waals surface area (Å²) in [6, 6.07) is 0. The van der Waals surface area contributed by atoms with E-state index >= 15 is 0 Å². The first-order chi connectivity index (χ1) is 7.10. The van der Waals surface area contributed by atoms with Gasteiger partial charge in [-0.1, -0.05) is 0 Å². The molecule has 0 aliphatic rings. The zero-order chi connectivity index (χ0) is 11.4. The van der Waals surface area contributed by atoms with E-state index in [9.17, 15) is 9.90 Å². The number of imidazole rings is 1. The van der Waals surface area contributed by atoms with Gasteiger partial charge in [-0.05, 0) is 7.05 Å². The fraction of sp³-hybridized carbons (Fsp3) is 0.500. The van der Waals surface area contributed by atoms with E-state index in [2.05, 4.69) is 15.6 Å². The summed E-state index contributed by atoms with van der Waals surface area (Å²) in [5.74, 6) is 0.0257. The molecule has 0 saturated heterocycles. The summed E-state index contributed by atoms with van der Waals surface area (Å²) in [5, 5.41) is 15.1. The second-order valence-corrected chi connectivity index (χ2v) is 3.01. The molecule has 5 N–H and O–H groups in total.